The minimum atomic E-state index is -4.30. The number of pyridine rings is 1. The van der Waals surface area contributed by atoms with Gasteiger partial charge in [0.2, 0.25) is 0 Å². The lowest BCUT2D eigenvalue weighted by Crippen LogP contribution is -2.46. The molecule has 6 aromatic rings. The molecule has 1 aliphatic heterocycles. The van der Waals surface area contributed by atoms with Crippen molar-refractivity contribution in [3.05, 3.63) is 136 Å². The van der Waals surface area contributed by atoms with Crippen LogP contribution in [0.4, 0.5) is 22.9 Å². The van der Waals surface area contributed by atoms with E-state index in [0.29, 0.717) is 16.3 Å². The normalized spacial score (nSPS) is 14.1. The van der Waals surface area contributed by atoms with E-state index in [1.807, 2.05) is 74.8 Å². The van der Waals surface area contributed by atoms with E-state index in [9.17, 15) is 18.5 Å². The summed E-state index contributed by atoms with van der Waals surface area (Å²) in [5.41, 5.74) is 5.06. The Morgan fingerprint density at radius 3 is 2.40 bits per heavy atom. The molecule has 58 heavy (non-hydrogen) atoms. The maximum atomic E-state index is 13.7. The van der Waals surface area contributed by atoms with E-state index in [1.54, 1.807) is 18.0 Å². The molecule has 0 bridgehead atoms. The Bertz CT molecular complexity index is 2470. The molecular weight excluding hydrogens is 794 g/mol. The van der Waals surface area contributed by atoms with E-state index in [-0.39, 0.29) is 33.6 Å². The Labute approximate surface area is 347 Å². The number of aromatic nitrogens is 3. The second-order valence-corrected chi connectivity index (χ2v) is 17.5. The number of hydrogen-bond donors (Lipinski definition) is 2. The van der Waals surface area contributed by atoms with E-state index < -0.39 is 14.9 Å². The van der Waals surface area contributed by atoms with Gasteiger partial charge in [0.15, 0.2) is 5.82 Å². The molecule has 0 spiro atoms. The monoisotopic (exact) mass is 837 g/mol. The molecule has 7 rings (SSSR count). The fourth-order valence-corrected chi connectivity index (χ4v) is 8.99. The summed E-state index contributed by atoms with van der Waals surface area (Å²) >= 11 is 7.79. The first kappa shape index (κ1) is 40.9. The molecule has 1 saturated heterocycles. The highest BCUT2D eigenvalue weighted by Crippen LogP contribution is 2.32. The lowest BCUT2D eigenvalue weighted by atomic mass is 9.99. The number of halogens is 1. The van der Waals surface area contributed by atoms with Crippen LogP contribution in [0.2, 0.25) is 5.02 Å². The summed E-state index contributed by atoms with van der Waals surface area (Å²) in [6, 6.07) is 31.9. The Balaban J connectivity index is 1.02. The second kappa shape index (κ2) is 18.5. The number of rotatable bonds is 16. The molecule has 1 aliphatic rings. The summed E-state index contributed by atoms with van der Waals surface area (Å²) < 4.78 is 29.9. The Kier molecular flexibility index (Phi) is 13.0. The molecule has 2 N–H and O–H groups in total. The van der Waals surface area contributed by atoms with Crippen molar-refractivity contribution in [3.8, 4) is 11.1 Å². The first-order valence-electron chi connectivity index (χ1n) is 18.8. The number of thioether (sulfide) groups is 1. The molecule has 0 saturated carbocycles. The summed E-state index contributed by atoms with van der Waals surface area (Å²) in [6.07, 6.45) is 3.69. The van der Waals surface area contributed by atoms with Crippen LogP contribution in [0.5, 0.6) is 0 Å². The number of piperazine rings is 1. The highest BCUT2D eigenvalue weighted by atomic mass is 35.5. The number of benzene rings is 4. The van der Waals surface area contributed by atoms with Gasteiger partial charge in [-0.2, -0.15) is 0 Å². The summed E-state index contributed by atoms with van der Waals surface area (Å²) in [4.78, 5) is 32.4. The number of nitrogens with one attached hydrogen (secondary N) is 2. The van der Waals surface area contributed by atoms with Crippen molar-refractivity contribution in [2.75, 3.05) is 67.5 Å². The largest absolute Gasteiger partial charge is 0.376 e. The van der Waals surface area contributed by atoms with Gasteiger partial charge in [0.1, 0.15) is 17.5 Å². The molecule has 0 amide bonds. The highest BCUT2D eigenvalue weighted by Gasteiger charge is 2.25. The third kappa shape index (κ3) is 10.2. The van der Waals surface area contributed by atoms with E-state index >= 15 is 0 Å². The fourth-order valence-electron chi connectivity index (χ4n) is 6.84. The van der Waals surface area contributed by atoms with Gasteiger partial charge in [-0.1, -0.05) is 66.2 Å². The summed E-state index contributed by atoms with van der Waals surface area (Å²) in [5, 5.41) is 16.3. The molecule has 13 nitrogen and oxygen atoms in total. The smallest absolute Gasteiger partial charge is 0.293 e. The molecule has 0 aliphatic carbocycles. The van der Waals surface area contributed by atoms with Crippen molar-refractivity contribution in [1.82, 2.24) is 24.8 Å². The van der Waals surface area contributed by atoms with Crippen LogP contribution in [0.15, 0.2) is 125 Å². The maximum absolute atomic E-state index is 13.7. The van der Waals surface area contributed by atoms with Crippen LogP contribution in [0.1, 0.15) is 12.0 Å². The Morgan fingerprint density at radius 1 is 0.914 bits per heavy atom. The molecule has 4 aromatic carbocycles. The van der Waals surface area contributed by atoms with Gasteiger partial charge in [-0.15, -0.1) is 11.8 Å². The van der Waals surface area contributed by atoms with Crippen LogP contribution in [0.25, 0.3) is 22.2 Å². The average molecular weight is 838 g/mol. The third-order valence-corrected chi connectivity index (χ3v) is 12.7. The van der Waals surface area contributed by atoms with Crippen molar-refractivity contribution in [3.63, 3.8) is 0 Å². The number of nitrogens with zero attached hydrogens (tertiary/aromatic N) is 7. The summed E-state index contributed by atoms with van der Waals surface area (Å²) in [6.45, 7) is 4.79. The summed E-state index contributed by atoms with van der Waals surface area (Å²) in [7, 11) is -0.360. The molecule has 16 heteroatoms. The Hall–Kier alpha value is -5.32. The van der Waals surface area contributed by atoms with Crippen molar-refractivity contribution in [2.24, 2.45) is 0 Å². The van der Waals surface area contributed by atoms with Crippen LogP contribution >= 0.6 is 23.4 Å². The number of hydrogen-bond acceptors (Lipinski definition) is 12. The molecule has 300 valence electrons. The molecular formula is C42H44ClN9O4S2. The predicted molar refractivity (Wildman–Crippen MR) is 233 cm³/mol. The number of nitro groups is 1. The van der Waals surface area contributed by atoms with Crippen molar-refractivity contribution in [2.45, 2.75) is 28.8 Å². The van der Waals surface area contributed by atoms with Crippen molar-refractivity contribution < 1.29 is 13.3 Å². The predicted octanol–water partition coefficient (Wildman–Crippen LogP) is 7.90. The average Bonchev–Trinajstić information content (AvgIpc) is 3.23. The van der Waals surface area contributed by atoms with Crippen LogP contribution in [0, 0.1) is 10.1 Å². The molecule has 1 unspecified atom stereocenters. The van der Waals surface area contributed by atoms with Gasteiger partial charge in [-0.25, -0.2) is 23.4 Å². The minimum absolute atomic E-state index is 0.0211. The fraction of sp³-hybridized carbons (Fsp3) is 0.262. The third-order valence-electron chi connectivity index (χ3n) is 9.95. The van der Waals surface area contributed by atoms with Gasteiger partial charge in [0.05, 0.1) is 27.2 Å². The highest BCUT2D eigenvalue weighted by molar-refractivity contribution is 7.99. The SMILES string of the molecule is CN(C)CCC(CSc1ccccc1)Nc1ccc(S(=O)(=O)Nc2ncnc3cc(N4CCN(Cc5ccccc5-c5ccc(Cl)cc5)CC4)cnc23)cc1[N+](=O)[O-]. The first-order chi connectivity index (χ1) is 28.0. The van der Waals surface area contributed by atoms with Crippen molar-refractivity contribution >= 4 is 67.3 Å². The van der Waals surface area contributed by atoms with E-state index in [4.69, 9.17) is 11.6 Å². The minimum Gasteiger partial charge on any atom is -0.376 e. The van der Waals surface area contributed by atoms with Gasteiger partial charge in [0.25, 0.3) is 15.7 Å². The standard InChI is InChI=1S/C42H44ClN9O4S2/c1-49(2)19-18-33(28-57-35-9-4-3-5-10-35)47-38-17-16-36(25-40(38)52(53)54)58(55,56)48-42-41-39(45-29-46-42)24-34(26-44-41)51-22-20-50(21-23-51)27-31-8-6-7-11-37(31)30-12-14-32(43)15-13-30/h3-17,24-26,29,33,47H,18-23,27-28H2,1-2H3,(H,45,46,48). The van der Waals surface area contributed by atoms with Crippen LogP contribution in [0.3, 0.4) is 0 Å². The van der Waals surface area contributed by atoms with E-state index in [1.165, 1.54) is 29.6 Å². The zero-order valence-corrected chi connectivity index (χ0v) is 34.6. The van der Waals surface area contributed by atoms with Gasteiger partial charge in [-0.3, -0.25) is 19.7 Å². The van der Waals surface area contributed by atoms with Gasteiger partial charge in [0, 0.05) is 60.5 Å². The van der Waals surface area contributed by atoms with Crippen LogP contribution in [-0.2, 0) is 16.6 Å². The molecule has 0 radical (unpaired) electrons. The van der Waals surface area contributed by atoms with Gasteiger partial charge >= 0.3 is 0 Å². The lowest BCUT2D eigenvalue weighted by Gasteiger charge is -2.36. The molecule has 1 fully saturated rings. The van der Waals surface area contributed by atoms with Gasteiger partial charge < -0.3 is 15.1 Å². The number of nitro benzene ring substituents is 1. The molecule has 2 aromatic heterocycles. The van der Waals surface area contributed by atoms with Crippen LogP contribution < -0.4 is 14.9 Å². The van der Waals surface area contributed by atoms with Crippen molar-refractivity contribution in [1.29, 1.82) is 0 Å². The van der Waals surface area contributed by atoms with Gasteiger partial charge in [-0.05, 0) is 86.2 Å². The summed E-state index contributed by atoms with van der Waals surface area (Å²) in [5.74, 6) is 0.635. The maximum Gasteiger partial charge on any atom is 0.293 e. The molecule has 3 heterocycles. The second-order valence-electron chi connectivity index (χ2n) is 14.3. The van der Waals surface area contributed by atoms with E-state index in [0.717, 1.165) is 67.9 Å². The van der Waals surface area contributed by atoms with Crippen LogP contribution in [-0.4, -0.2) is 96.7 Å². The number of fused-ring (bicyclic) bond motifs is 1. The van der Waals surface area contributed by atoms with E-state index in [2.05, 4.69) is 64.0 Å². The zero-order valence-electron chi connectivity index (χ0n) is 32.2. The zero-order chi connectivity index (χ0) is 40.6. The lowest BCUT2D eigenvalue weighted by molar-refractivity contribution is -0.384. The topological polar surface area (TPSA) is 150 Å². The quantitative estimate of drug-likeness (QED) is 0.0555. The first-order valence-corrected chi connectivity index (χ1v) is 21.7. The number of anilines is 3. The Morgan fingerprint density at radius 2 is 1.66 bits per heavy atom. The number of sulfonamides is 1. The molecule has 1 atom stereocenters.